The van der Waals surface area contributed by atoms with E-state index in [1.165, 1.54) is 0 Å². The summed E-state index contributed by atoms with van der Waals surface area (Å²) in [6.45, 7) is 0. The molecule has 0 radical (unpaired) electrons. The van der Waals surface area contributed by atoms with Crippen molar-refractivity contribution in [1.29, 1.82) is 0 Å². The lowest BCUT2D eigenvalue weighted by Crippen LogP contribution is -2.29. The fourth-order valence-corrected chi connectivity index (χ4v) is 2.24. The van der Waals surface area contributed by atoms with E-state index in [4.69, 9.17) is 27.9 Å². The van der Waals surface area contributed by atoms with Crippen LogP contribution in [0.2, 0.25) is 5.02 Å². The summed E-state index contributed by atoms with van der Waals surface area (Å²) in [5.41, 5.74) is 11.1. The molecule has 0 aliphatic carbocycles. The van der Waals surface area contributed by atoms with Crippen molar-refractivity contribution in [1.82, 2.24) is 5.43 Å². The zero-order valence-electron chi connectivity index (χ0n) is 10.6. The zero-order valence-corrected chi connectivity index (χ0v) is 11.3. The highest BCUT2D eigenvalue weighted by Crippen LogP contribution is 2.33. The van der Waals surface area contributed by atoms with E-state index in [9.17, 15) is 0 Å². The molecule has 0 amide bonds. The van der Waals surface area contributed by atoms with Gasteiger partial charge in [0.25, 0.3) is 0 Å². The SMILES string of the molecule is COc1ccccc1C(NN)c1ccc(Cl)cc1N. The summed E-state index contributed by atoms with van der Waals surface area (Å²) in [5, 5.41) is 0.594. The third-order valence-corrected chi connectivity index (χ3v) is 3.21. The summed E-state index contributed by atoms with van der Waals surface area (Å²) in [6.07, 6.45) is 0. The highest BCUT2D eigenvalue weighted by molar-refractivity contribution is 6.30. The number of ether oxygens (including phenoxy) is 1. The molecule has 0 heterocycles. The van der Waals surface area contributed by atoms with Gasteiger partial charge in [-0.1, -0.05) is 35.9 Å². The summed E-state index contributed by atoms with van der Waals surface area (Å²) in [7, 11) is 1.62. The number of nitrogens with two attached hydrogens (primary N) is 2. The normalized spacial score (nSPS) is 12.2. The van der Waals surface area contributed by atoms with E-state index in [0.717, 1.165) is 16.9 Å². The molecular formula is C14H16ClN3O. The minimum Gasteiger partial charge on any atom is -0.496 e. The van der Waals surface area contributed by atoms with Gasteiger partial charge in [-0.2, -0.15) is 0 Å². The Morgan fingerprint density at radius 2 is 1.89 bits per heavy atom. The van der Waals surface area contributed by atoms with E-state index >= 15 is 0 Å². The van der Waals surface area contributed by atoms with Gasteiger partial charge in [0, 0.05) is 16.3 Å². The van der Waals surface area contributed by atoms with Gasteiger partial charge in [-0.3, -0.25) is 5.84 Å². The van der Waals surface area contributed by atoms with Crippen molar-refractivity contribution < 1.29 is 4.74 Å². The Bertz CT molecular complexity index is 574. The number of para-hydroxylation sites is 1. The van der Waals surface area contributed by atoms with Crippen molar-refractivity contribution in [3.63, 3.8) is 0 Å². The Kier molecular flexibility index (Phi) is 4.27. The van der Waals surface area contributed by atoms with Crippen LogP contribution in [0.3, 0.4) is 0 Å². The molecule has 0 aliphatic heterocycles. The first-order valence-electron chi connectivity index (χ1n) is 5.81. The topological polar surface area (TPSA) is 73.3 Å². The number of nitrogen functional groups attached to an aromatic ring is 1. The highest BCUT2D eigenvalue weighted by atomic mass is 35.5. The van der Waals surface area contributed by atoms with Crippen molar-refractivity contribution in [3.8, 4) is 5.75 Å². The second-order valence-electron chi connectivity index (χ2n) is 4.11. The maximum absolute atomic E-state index is 6.01. The van der Waals surface area contributed by atoms with Crippen LogP contribution < -0.4 is 21.7 Å². The van der Waals surface area contributed by atoms with Crippen LogP contribution in [0, 0.1) is 0 Å². The molecule has 1 atom stereocenters. The van der Waals surface area contributed by atoms with Gasteiger partial charge >= 0.3 is 0 Å². The molecule has 0 saturated heterocycles. The van der Waals surface area contributed by atoms with Gasteiger partial charge in [-0.25, -0.2) is 5.43 Å². The average molecular weight is 278 g/mol. The van der Waals surface area contributed by atoms with E-state index < -0.39 is 0 Å². The third-order valence-electron chi connectivity index (χ3n) is 2.98. The monoisotopic (exact) mass is 277 g/mol. The molecule has 2 aromatic rings. The van der Waals surface area contributed by atoms with Crippen molar-refractivity contribution >= 4 is 17.3 Å². The summed E-state index contributed by atoms with van der Waals surface area (Å²) in [5.74, 6) is 6.42. The Balaban J connectivity index is 2.50. The van der Waals surface area contributed by atoms with Gasteiger partial charge < -0.3 is 10.5 Å². The van der Waals surface area contributed by atoms with Crippen LogP contribution >= 0.6 is 11.6 Å². The first-order chi connectivity index (χ1) is 9.17. The van der Waals surface area contributed by atoms with Crippen LogP contribution in [0.5, 0.6) is 5.75 Å². The molecule has 5 heteroatoms. The molecule has 4 nitrogen and oxygen atoms in total. The molecule has 2 rings (SSSR count). The molecule has 5 N–H and O–H groups in total. The second kappa shape index (κ2) is 5.93. The molecule has 2 aromatic carbocycles. The number of hydrogen-bond donors (Lipinski definition) is 3. The van der Waals surface area contributed by atoms with Crippen LogP contribution in [-0.2, 0) is 0 Å². The fourth-order valence-electron chi connectivity index (χ4n) is 2.06. The smallest absolute Gasteiger partial charge is 0.124 e. The molecule has 19 heavy (non-hydrogen) atoms. The predicted octanol–water partition coefficient (Wildman–Crippen LogP) is 2.48. The quantitative estimate of drug-likeness (QED) is 0.456. The first-order valence-corrected chi connectivity index (χ1v) is 6.19. The van der Waals surface area contributed by atoms with Gasteiger partial charge in [0.15, 0.2) is 0 Å². The molecule has 100 valence electrons. The van der Waals surface area contributed by atoms with Gasteiger partial charge in [0.1, 0.15) is 5.75 Å². The summed E-state index contributed by atoms with van der Waals surface area (Å²) < 4.78 is 5.35. The highest BCUT2D eigenvalue weighted by Gasteiger charge is 2.18. The number of methoxy groups -OCH3 is 1. The first kappa shape index (κ1) is 13.7. The van der Waals surface area contributed by atoms with Gasteiger partial charge in [-0.15, -0.1) is 0 Å². The van der Waals surface area contributed by atoms with Crippen LogP contribution in [0.1, 0.15) is 17.2 Å². The fraction of sp³-hybridized carbons (Fsp3) is 0.143. The second-order valence-corrected chi connectivity index (χ2v) is 4.55. The number of rotatable bonds is 4. The average Bonchev–Trinajstić information content (AvgIpc) is 2.42. The molecule has 1 unspecified atom stereocenters. The van der Waals surface area contributed by atoms with Crippen molar-refractivity contribution in [3.05, 3.63) is 58.6 Å². The number of hydrazine groups is 1. The number of hydrogen-bond acceptors (Lipinski definition) is 4. The Hall–Kier alpha value is -1.75. The van der Waals surface area contributed by atoms with Crippen molar-refractivity contribution in [2.45, 2.75) is 6.04 Å². The van der Waals surface area contributed by atoms with Gasteiger partial charge in [0.2, 0.25) is 0 Å². The largest absolute Gasteiger partial charge is 0.496 e. The molecule has 0 aromatic heterocycles. The number of nitrogens with one attached hydrogen (secondary N) is 1. The zero-order chi connectivity index (χ0) is 13.8. The standard InChI is InChI=1S/C14H16ClN3O/c1-19-13-5-3-2-4-11(13)14(18-17)10-7-6-9(15)8-12(10)16/h2-8,14,18H,16-17H2,1H3. The maximum atomic E-state index is 6.01. The van der Waals surface area contributed by atoms with Crippen LogP contribution in [0.25, 0.3) is 0 Å². The molecule has 0 fully saturated rings. The maximum Gasteiger partial charge on any atom is 0.124 e. The van der Waals surface area contributed by atoms with E-state index in [2.05, 4.69) is 5.43 Å². The van der Waals surface area contributed by atoms with E-state index in [-0.39, 0.29) is 6.04 Å². The van der Waals surface area contributed by atoms with Crippen LogP contribution in [0.15, 0.2) is 42.5 Å². The number of anilines is 1. The van der Waals surface area contributed by atoms with E-state index in [0.29, 0.717) is 10.7 Å². The summed E-state index contributed by atoms with van der Waals surface area (Å²) >= 11 is 5.91. The lowest BCUT2D eigenvalue weighted by Gasteiger charge is -2.21. The van der Waals surface area contributed by atoms with E-state index in [1.807, 2.05) is 30.3 Å². The third kappa shape index (κ3) is 2.81. The Morgan fingerprint density at radius 3 is 2.53 bits per heavy atom. The molecule has 0 saturated carbocycles. The van der Waals surface area contributed by atoms with Crippen molar-refractivity contribution in [2.24, 2.45) is 5.84 Å². The number of benzene rings is 2. The number of halogens is 1. The Labute approximate surface area is 117 Å². The molecule has 0 bridgehead atoms. The lowest BCUT2D eigenvalue weighted by molar-refractivity contribution is 0.404. The van der Waals surface area contributed by atoms with Gasteiger partial charge in [0.05, 0.1) is 13.2 Å². The molecule has 0 spiro atoms. The minimum absolute atomic E-state index is 0.256. The Morgan fingerprint density at radius 1 is 1.16 bits per heavy atom. The molecular weight excluding hydrogens is 262 g/mol. The van der Waals surface area contributed by atoms with Crippen LogP contribution in [-0.4, -0.2) is 7.11 Å². The van der Waals surface area contributed by atoms with E-state index in [1.54, 1.807) is 19.2 Å². The summed E-state index contributed by atoms with van der Waals surface area (Å²) in [6, 6.07) is 12.7. The van der Waals surface area contributed by atoms with Gasteiger partial charge in [-0.05, 0) is 23.8 Å². The van der Waals surface area contributed by atoms with Crippen LogP contribution in [0.4, 0.5) is 5.69 Å². The minimum atomic E-state index is -0.256. The van der Waals surface area contributed by atoms with Crippen molar-refractivity contribution in [2.75, 3.05) is 12.8 Å². The predicted molar refractivity (Wildman–Crippen MR) is 78.0 cm³/mol. The molecule has 0 aliphatic rings. The lowest BCUT2D eigenvalue weighted by atomic mass is 9.97. The summed E-state index contributed by atoms with van der Waals surface area (Å²) in [4.78, 5) is 0.